The zero-order valence-electron chi connectivity index (χ0n) is 21.8. The van der Waals surface area contributed by atoms with Gasteiger partial charge in [0, 0.05) is 47.3 Å². The first-order chi connectivity index (χ1) is 18.3. The Morgan fingerprint density at radius 2 is 2.11 bits per heavy atom. The maximum Gasteiger partial charge on any atom is 0.220 e. The molecule has 1 aromatic carbocycles. The zero-order valence-corrected chi connectivity index (χ0v) is 21.8. The molecule has 2 aliphatic carbocycles. The van der Waals surface area contributed by atoms with Crippen molar-refractivity contribution in [2.45, 2.75) is 68.5 Å². The van der Waals surface area contributed by atoms with Gasteiger partial charge in [0.05, 0.1) is 18.5 Å². The summed E-state index contributed by atoms with van der Waals surface area (Å²) >= 11 is 0. The van der Waals surface area contributed by atoms with Crippen molar-refractivity contribution >= 4 is 17.2 Å². The van der Waals surface area contributed by atoms with Gasteiger partial charge in [0.2, 0.25) is 5.91 Å². The van der Waals surface area contributed by atoms with E-state index in [1.54, 1.807) is 0 Å². The van der Waals surface area contributed by atoms with E-state index < -0.39 is 11.5 Å². The minimum atomic E-state index is -0.583. The number of azide groups is 1. The molecule has 0 radical (unpaired) electrons. The number of rotatable bonds is 7. The third kappa shape index (κ3) is 3.62. The molecule has 3 saturated heterocycles. The van der Waals surface area contributed by atoms with E-state index in [9.17, 15) is 4.79 Å². The van der Waals surface area contributed by atoms with E-state index in [0.717, 1.165) is 55.7 Å². The number of pyridine rings is 1. The Balaban J connectivity index is 1.14. The maximum atomic E-state index is 12.0. The fourth-order valence-electron chi connectivity index (χ4n) is 6.91. The normalized spacial score (nSPS) is 30.7. The molecular formula is C28H32N8O2. The Kier molecular flexibility index (Phi) is 5.14. The highest BCUT2D eigenvalue weighted by Crippen LogP contribution is 2.56. The van der Waals surface area contributed by atoms with Crippen LogP contribution in [0.1, 0.15) is 56.0 Å². The van der Waals surface area contributed by atoms with Gasteiger partial charge in [-0.25, -0.2) is 9.50 Å². The van der Waals surface area contributed by atoms with Crippen LogP contribution in [0.2, 0.25) is 0 Å². The van der Waals surface area contributed by atoms with E-state index in [1.165, 1.54) is 5.56 Å². The summed E-state index contributed by atoms with van der Waals surface area (Å²) in [6.45, 7) is 7.06. The second-order valence-electron chi connectivity index (χ2n) is 12.0. The summed E-state index contributed by atoms with van der Waals surface area (Å²) in [5.41, 5.74) is 12.3. The van der Waals surface area contributed by atoms with Crippen molar-refractivity contribution in [1.29, 1.82) is 0 Å². The van der Waals surface area contributed by atoms with Crippen LogP contribution < -0.4 is 10.2 Å². The largest absolute Gasteiger partial charge is 0.369 e. The minimum Gasteiger partial charge on any atom is -0.369 e. The molecule has 4 atom stereocenters. The number of carbonyl (C=O) groups is 1. The van der Waals surface area contributed by atoms with Gasteiger partial charge in [0.25, 0.3) is 0 Å². The van der Waals surface area contributed by atoms with Gasteiger partial charge in [-0.2, -0.15) is 0 Å². The van der Waals surface area contributed by atoms with E-state index in [-0.39, 0.29) is 23.4 Å². The number of carbonyl (C=O) groups excluding carboxylic acids is 1. The zero-order chi connectivity index (χ0) is 26.1. The monoisotopic (exact) mass is 512 g/mol. The predicted octanol–water partition coefficient (Wildman–Crippen LogP) is 4.17. The number of hydrogen-bond donors (Lipinski definition) is 1. The topological polar surface area (TPSA) is 121 Å². The summed E-state index contributed by atoms with van der Waals surface area (Å²) < 4.78 is 8.25. The number of ether oxygens (including phenoxy) is 1. The summed E-state index contributed by atoms with van der Waals surface area (Å²) in [6.07, 6.45) is 6.06. The molecule has 4 unspecified atom stereocenters. The molecule has 10 nitrogen and oxygen atoms in total. The van der Waals surface area contributed by atoms with Crippen molar-refractivity contribution in [3.8, 4) is 0 Å². The van der Waals surface area contributed by atoms with Gasteiger partial charge in [-0.3, -0.25) is 4.79 Å². The fourth-order valence-corrected chi connectivity index (χ4v) is 6.91. The highest BCUT2D eigenvalue weighted by molar-refractivity contribution is 5.78. The third-order valence-electron chi connectivity index (χ3n) is 9.35. The minimum absolute atomic E-state index is 0.0474. The molecule has 1 amide bonds. The lowest BCUT2D eigenvalue weighted by molar-refractivity contribution is -0.119. The van der Waals surface area contributed by atoms with E-state index >= 15 is 0 Å². The molecule has 2 bridgehead atoms. The molecule has 196 valence electrons. The molecule has 10 heteroatoms. The van der Waals surface area contributed by atoms with Crippen molar-refractivity contribution in [2.75, 3.05) is 24.6 Å². The van der Waals surface area contributed by atoms with Gasteiger partial charge < -0.3 is 15.0 Å². The number of hydrogen-bond acceptors (Lipinski definition) is 6. The first-order valence-electron chi connectivity index (χ1n) is 13.5. The summed E-state index contributed by atoms with van der Waals surface area (Å²) in [4.78, 5) is 22.1. The summed E-state index contributed by atoms with van der Waals surface area (Å²) in [5, 5.41) is 11.9. The number of nitrogens with one attached hydrogen (secondary N) is 1. The van der Waals surface area contributed by atoms with Gasteiger partial charge in [0.1, 0.15) is 5.60 Å². The lowest BCUT2D eigenvalue weighted by Gasteiger charge is -2.45. The second kappa shape index (κ2) is 8.27. The molecular weight excluding hydrogens is 480 g/mol. The van der Waals surface area contributed by atoms with Crippen molar-refractivity contribution in [3.63, 3.8) is 0 Å². The summed E-state index contributed by atoms with van der Waals surface area (Å²) in [6, 6.07) is 13.1. The Hall–Kier alpha value is -3.46. The SMILES string of the molecule is Cc1cc(N2CCC(C)(c3ccccc3)C2)cn2nc(C34CC(CO3)C4NC3(CC(=O)N=[N+]=[N-])CC3)nc12. The average molecular weight is 513 g/mol. The first-order valence-corrected chi connectivity index (χ1v) is 13.5. The van der Waals surface area contributed by atoms with Crippen LogP contribution in [-0.4, -0.2) is 51.8 Å². The van der Waals surface area contributed by atoms with Crippen LogP contribution >= 0.6 is 0 Å². The van der Waals surface area contributed by atoms with Gasteiger partial charge in [-0.15, -0.1) is 5.10 Å². The molecule has 38 heavy (non-hydrogen) atoms. The van der Waals surface area contributed by atoms with E-state index in [4.69, 9.17) is 20.4 Å². The molecule has 5 heterocycles. The standard InChI is InChI=1S/C28H32N8O2/c1-18-12-21(35-11-10-26(2,17-35)20-6-4-3-5-7-20)15-36-24(18)30-25(33-36)28-13-19(16-38-28)23(28)31-27(8-9-27)14-22(37)32-34-29/h3-7,12,15,19,23,31H,8-11,13-14,16-17H2,1-2H3. The number of anilines is 1. The molecule has 2 aromatic heterocycles. The number of aromatic nitrogens is 3. The lowest BCUT2D eigenvalue weighted by Crippen LogP contribution is -2.61. The van der Waals surface area contributed by atoms with Crippen LogP contribution in [0.15, 0.2) is 47.7 Å². The fraction of sp³-hybridized carbons (Fsp3) is 0.536. The summed E-state index contributed by atoms with van der Waals surface area (Å²) in [5.74, 6) is 0.653. The molecule has 5 fully saturated rings. The third-order valence-corrected chi connectivity index (χ3v) is 9.35. The van der Waals surface area contributed by atoms with Crippen LogP contribution in [0, 0.1) is 12.8 Å². The van der Waals surface area contributed by atoms with Gasteiger partial charge in [-0.05, 0) is 60.4 Å². The van der Waals surface area contributed by atoms with E-state index in [1.807, 2.05) is 4.52 Å². The van der Waals surface area contributed by atoms with Gasteiger partial charge in [-0.1, -0.05) is 37.3 Å². The molecule has 0 spiro atoms. The number of fused-ring (bicyclic) bond motifs is 2. The van der Waals surface area contributed by atoms with Crippen molar-refractivity contribution in [3.05, 3.63) is 70.0 Å². The molecule has 2 saturated carbocycles. The van der Waals surface area contributed by atoms with Crippen LogP contribution in [0.4, 0.5) is 5.69 Å². The van der Waals surface area contributed by atoms with Crippen molar-refractivity contribution in [1.82, 2.24) is 19.9 Å². The molecule has 3 aromatic rings. The highest BCUT2D eigenvalue weighted by atomic mass is 16.5. The van der Waals surface area contributed by atoms with Gasteiger partial charge >= 0.3 is 0 Å². The molecule has 5 aliphatic rings. The van der Waals surface area contributed by atoms with E-state index in [0.29, 0.717) is 18.3 Å². The number of amides is 1. The average Bonchev–Trinajstić information content (AvgIpc) is 3.33. The predicted molar refractivity (Wildman–Crippen MR) is 142 cm³/mol. The van der Waals surface area contributed by atoms with Crippen LogP contribution in [0.3, 0.4) is 0 Å². The van der Waals surface area contributed by atoms with Crippen molar-refractivity contribution < 1.29 is 9.53 Å². The van der Waals surface area contributed by atoms with Crippen LogP contribution in [-0.2, 0) is 20.5 Å². The Bertz CT molecular complexity index is 1470. The van der Waals surface area contributed by atoms with Crippen molar-refractivity contribution in [2.24, 2.45) is 11.0 Å². The Labute approximate surface area is 221 Å². The number of aryl methyl sites for hydroxylation is 1. The maximum absolute atomic E-state index is 12.0. The molecule has 1 N–H and O–H groups in total. The highest BCUT2D eigenvalue weighted by Gasteiger charge is 2.66. The quantitative estimate of drug-likeness (QED) is 0.288. The molecule has 3 aliphatic heterocycles. The smallest absolute Gasteiger partial charge is 0.220 e. The number of benzene rings is 1. The van der Waals surface area contributed by atoms with Crippen LogP contribution in [0.5, 0.6) is 0 Å². The Morgan fingerprint density at radius 3 is 2.84 bits per heavy atom. The second-order valence-corrected chi connectivity index (χ2v) is 12.0. The first kappa shape index (κ1) is 23.6. The van der Waals surface area contributed by atoms with E-state index in [2.05, 4.69) is 76.7 Å². The van der Waals surface area contributed by atoms with Gasteiger partial charge in [0.15, 0.2) is 11.5 Å². The number of nitrogens with zero attached hydrogens (tertiary/aromatic N) is 7. The Morgan fingerprint density at radius 1 is 1.29 bits per heavy atom. The van der Waals surface area contributed by atoms with Crippen LogP contribution in [0.25, 0.3) is 16.1 Å². The summed E-state index contributed by atoms with van der Waals surface area (Å²) in [7, 11) is 0. The molecule has 8 rings (SSSR count). The lowest BCUT2D eigenvalue weighted by atomic mass is 9.68.